The Kier molecular flexibility index (Phi) is 18.7. The predicted molar refractivity (Wildman–Crippen MR) is 131 cm³/mol. The van der Waals surface area contributed by atoms with E-state index in [1.54, 1.807) is 0 Å². The van der Waals surface area contributed by atoms with Gasteiger partial charge in [-0.05, 0) is 12.3 Å². The van der Waals surface area contributed by atoms with Crippen molar-refractivity contribution in [2.24, 2.45) is 5.92 Å². The van der Waals surface area contributed by atoms with E-state index < -0.39 is 12.1 Å². The van der Waals surface area contributed by atoms with E-state index in [2.05, 4.69) is 13.8 Å². The first-order chi connectivity index (χ1) is 15.1. The van der Waals surface area contributed by atoms with E-state index in [0.29, 0.717) is 17.4 Å². The molecule has 0 N–H and O–H groups in total. The highest BCUT2D eigenvalue weighted by atomic mass is 16.5. The molecular weight excluding hydrogens is 402 g/mol. The van der Waals surface area contributed by atoms with Crippen molar-refractivity contribution in [3.63, 3.8) is 0 Å². The van der Waals surface area contributed by atoms with Crippen LogP contribution in [0.25, 0.3) is 0 Å². The van der Waals surface area contributed by atoms with Crippen LogP contribution in [0.2, 0.25) is 0 Å². The quantitative estimate of drug-likeness (QED) is 0.120. The van der Waals surface area contributed by atoms with Gasteiger partial charge >= 0.3 is 5.97 Å². The number of likely N-dealkylation sites (N-methyl/N-ethyl adjacent to an activating group) is 1. The number of esters is 1. The maximum atomic E-state index is 12.0. The third kappa shape index (κ3) is 22.1. The van der Waals surface area contributed by atoms with Gasteiger partial charge in [0.25, 0.3) is 0 Å². The van der Waals surface area contributed by atoms with Crippen LogP contribution in [0.3, 0.4) is 0 Å². The zero-order chi connectivity index (χ0) is 24.2. The van der Waals surface area contributed by atoms with Gasteiger partial charge in [-0.25, -0.2) is 0 Å². The highest BCUT2D eigenvalue weighted by Crippen LogP contribution is 2.17. The summed E-state index contributed by atoms with van der Waals surface area (Å²) in [6.45, 7) is 5.14. The third-order valence-corrected chi connectivity index (χ3v) is 6.05. The van der Waals surface area contributed by atoms with Crippen molar-refractivity contribution in [2.75, 3.05) is 27.7 Å². The number of quaternary nitrogens is 1. The topological polar surface area (TPSA) is 66.4 Å². The second-order valence-corrected chi connectivity index (χ2v) is 10.8. The molecule has 0 amide bonds. The molecule has 190 valence electrons. The Bertz CT molecular complexity index is 473. The molecule has 0 aliphatic heterocycles. The summed E-state index contributed by atoms with van der Waals surface area (Å²) in [4.78, 5) is 22.9. The van der Waals surface area contributed by atoms with Crippen molar-refractivity contribution in [3.05, 3.63) is 0 Å². The number of hydrogen-bond donors (Lipinski definition) is 0. The van der Waals surface area contributed by atoms with E-state index in [1.807, 2.05) is 21.1 Å². The van der Waals surface area contributed by atoms with Crippen molar-refractivity contribution in [1.82, 2.24) is 0 Å². The van der Waals surface area contributed by atoms with Crippen LogP contribution in [0, 0.1) is 5.92 Å². The van der Waals surface area contributed by atoms with Crippen molar-refractivity contribution >= 4 is 11.9 Å². The lowest BCUT2D eigenvalue weighted by Gasteiger charge is -2.29. The summed E-state index contributed by atoms with van der Waals surface area (Å²) in [7, 11) is 5.85. The molecule has 0 aromatic rings. The number of carbonyl (C=O) groups is 2. The van der Waals surface area contributed by atoms with Crippen LogP contribution in [-0.4, -0.2) is 50.2 Å². The van der Waals surface area contributed by atoms with Crippen LogP contribution in [0.1, 0.15) is 123 Å². The Morgan fingerprint density at radius 1 is 0.781 bits per heavy atom. The van der Waals surface area contributed by atoms with Crippen LogP contribution in [0.15, 0.2) is 0 Å². The second kappa shape index (κ2) is 19.4. The van der Waals surface area contributed by atoms with Gasteiger partial charge in [0.1, 0.15) is 6.54 Å². The third-order valence-electron chi connectivity index (χ3n) is 6.05. The fraction of sp³-hybridized carbons (Fsp3) is 0.926. The van der Waals surface area contributed by atoms with Gasteiger partial charge < -0.3 is 19.1 Å². The molecule has 0 saturated carbocycles. The van der Waals surface area contributed by atoms with Gasteiger partial charge in [0.05, 0.1) is 21.1 Å². The lowest BCUT2D eigenvalue weighted by Crippen LogP contribution is -2.45. The lowest BCUT2D eigenvalue weighted by molar-refractivity contribution is -0.873. The Hall–Kier alpha value is -1.10. The molecule has 0 aliphatic rings. The molecule has 0 aromatic heterocycles. The summed E-state index contributed by atoms with van der Waals surface area (Å²) in [5, 5.41) is 10.9. The largest absolute Gasteiger partial charge is 0.550 e. The second-order valence-electron chi connectivity index (χ2n) is 10.8. The molecule has 0 rings (SSSR count). The number of nitrogens with zero attached hydrogens (tertiary/aromatic N) is 1. The maximum absolute atomic E-state index is 12.0. The minimum absolute atomic E-state index is 0.237. The van der Waals surface area contributed by atoms with Crippen molar-refractivity contribution in [3.8, 4) is 0 Å². The highest BCUT2D eigenvalue weighted by molar-refractivity contribution is 5.70. The summed E-state index contributed by atoms with van der Waals surface area (Å²) >= 11 is 0. The Balaban J connectivity index is 3.55. The van der Waals surface area contributed by atoms with Gasteiger partial charge in [-0.3, -0.25) is 4.79 Å². The molecule has 32 heavy (non-hydrogen) atoms. The number of hydrogen-bond acceptors (Lipinski definition) is 4. The Morgan fingerprint density at radius 2 is 1.25 bits per heavy atom. The molecule has 0 radical (unpaired) electrons. The van der Waals surface area contributed by atoms with Crippen LogP contribution >= 0.6 is 0 Å². The molecule has 0 bridgehead atoms. The summed E-state index contributed by atoms with van der Waals surface area (Å²) < 4.78 is 5.94. The monoisotopic (exact) mass is 455 g/mol. The van der Waals surface area contributed by atoms with Gasteiger partial charge in [0, 0.05) is 18.8 Å². The summed E-state index contributed by atoms with van der Waals surface area (Å²) in [6, 6.07) is 0. The summed E-state index contributed by atoms with van der Waals surface area (Å²) in [5.74, 6) is -0.553. The highest BCUT2D eigenvalue weighted by Gasteiger charge is 2.22. The van der Waals surface area contributed by atoms with Crippen LogP contribution in [0.4, 0.5) is 0 Å². The molecule has 0 heterocycles. The number of carboxylic acids is 1. The molecule has 0 aromatic carbocycles. The molecule has 5 nitrogen and oxygen atoms in total. The summed E-state index contributed by atoms with van der Waals surface area (Å²) in [6.07, 6.45) is 18.8. The SMILES string of the molecule is CCCC(C)CCCCCCCCCCCCCCC(=O)OC(CC(=O)[O-])C[N+](C)(C)C. The standard InChI is InChI=1S/C27H53NO4/c1-6-19-24(2)20-17-15-13-11-9-7-8-10-12-14-16-18-21-27(31)32-25(22-26(29)30)23-28(3,4)5/h24-25H,6-23H2,1-5H3. The average Bonchev–Trinajstić information content (AvgIpc) is 2.66. The number of carboxylic acid groups (broad SMARTS) is 1. The molecular formula is C27H53NO4. The number of unbranched alkanes of at least 4 members (excludes halogenated alkanes) is 11. The first-order valence-corrected chi connectivity index (χ1v) is 13.3. The molecule has 2 atom stereocenters. The Morgan fingerprint density at radius 3 is 1.69 bits per heavy atom. The van der Waals surface area contributed by atoms with Gasteiger partial charge in [-0.2, -0.15) is 0 Å². The molecule has 0 spiro atoms. The van der Waals surface area contributed by atoms with E-state index in [-0.39, 0.29) is 12.4 Å². The zero-order valence-electron chi connectivity index (χ0n) is 22.0. The van der Waals surface area contributed by atoms with Gasteiger partial charge in [0.15, 0.2) is 6.10 Å². The van der Waals surface area contributed by atoms with E-state index >= 15 is 0 Å². The zero-order valence-corrected chi connectivity index (χ0v) is 22.0. The van der Waals surface area contributed by atoms with Gasteiger partial charge in [-0.1, -0.05) is 104 Å². The predicted octanol–water partition coefficient (Wildman–Crippen LogP) is 5.64. The molecule has 0 aliphatic carbocycles. The minimum atomic E-state index is -1.17. The molecule has 0 fully saturated rings. The number of aliphatic carboxylic acids is 1. The first-order valence-electron chi connectivity index (χ1n) is 13.3. The first kappa shape index (κ1) is 30.9. The van der Waals surface area contributed by atoms with Crippen LogP contribution in [-0.2, 0) is 14.3 Å². The fourth-order valence-corrected chi connectivity index (χ4v) is 4.35. The van der Waals surface area contributed by atoms with Gasteiger partial charge in [-0.15, -0.1) is 0 Å². The number of rotatable bonds is 22. The number of ether oxygens (including phenoxy) is 1. The molecule has 5 heteroatoms. The minimum Gasteiger partial charge on any atom is -0.550 e. The van der Waals surface area contributed by atoms with Crippen molar-refractivity contribution < 1.29 is 23.9 Å². The molecule has 2 unspecified atom stereocenters. The van der Waals surface area contributed by atoms with Crippen LogP contribution in [0.5, 0.6) is 0 Å². The van der Waals surface area contributed by atoms with Crippen molar-refractivity contribution in [1.29, 1.82) is 0 Å². The number of carbonyl (C=O) groups excluding carboxylic acids is 2. The van der Waals surface area contributed by atoms with Crippen LogP contribution < -0.4 is 5.11 Å². The van der Waals surface area contributed by atoms with E-state index in [0.717, 1.165) is 25.2 Å². The van der Waals surface area contributed by atoms with E-state index in [9.17, 15) is 14.7 Å². The maximum Gasteiger partial charge on any atom is 0.306 e. The van der Waals surface area contributed by atoms with Gasteiger partial charge in [0.2, 0.25) is 0 Å². The van der Waals surface area contributed by atoms with E-state index in [1.165, 1.54) is 77.0 Å². The summed E-state index contributed by atoms with van der Waals surface area (Å²) in [5.41, 5.74) is 0. The lowest BCUT2D eigenvalue weighted by atomic mass is 9.98. The smallest absolute Gasteiger partial charge is 0.306 e. The molecule has 0 saturated heterocycles. The fourth-order valence-electron chi connectivity index (χ4n) is 4.35. The van der Waals surface area contributed by atoms with E-state index in [4.69, 9.17) is 4.74 Å². The average molecular weight is 456 g/mol. The Labute approximate surface area is 198 Å². The normalized spacial score (nSPS) is 13.7. The van der Waals surface area contributed by atoms with Crippen molar-refractivity contribution in [2.45, 2.75) is 129 Å².